The van der Waals surface area contributed by atoms with Gasteiger partial charge in [0.15, 0.2) is 10.7 Å². The molecule has 1 N–H and O–H groups in total. The lowest BCUT2D eigenvalue weighted by molar-refractivity contribution is -0.148. The molecular weight excluding hydrogens is 376 g/mol. The summed E-state index contributed by atoms with van der Waals surface area (Å²) in [7, 11) is 0. The molecule has 2 aromatic carbocycles. The molecule has 2 heterocycles. The molecule has 0 bridgehead atoms. The number of thiazole rings is 1. The quantitative estimate of drug-likeness (QED) is 0.725. The van der Waals surface area contributed by atoms with E-state index in [9.17, 15) is 14.7 Å². The van der Waals surface area contributed by atoms with Gasteiger partial charge in [0.2, 0.25) is 0 Å². The second-order valence-electron chi connectivity index (χ2n) is 6.12. The molecule has 1 unspecified atom stereocenters. The van der Waals surface area contributed by atoms with Gasteiger partial charge in [0.05, 0.1) is 22.3 Å². The molecule has 1 aromatic heterocycles. The van der Waals surface area contributed by atoms with Gasteiger partial charge in [-0.15, -0.1) is 0 Å². The lowest BCUT2D eigenvalue weighted by Crippen LogP contribution is -2.53. The molecule has 3 aromatic rings. The summed E-state index contributed by atoms with van der Waals surface area (Å²) in [6.45, 7) is 1.48. The van der Waals surface area contributed by atoms with E-state index in [1.54, 1.807) is 42.5 Å². The van der Waals surface area contributed by atoms with E-state index >= 15 is 0 Å². The summed E-state index contributed by atoms with van der Waals surface area (Å²) in [5.74, 6) is -1.15. The Morgan fingerprint density at radius 3 is 2.88 bits per heavy atom. The van der Waals surface area contributed by atoms with E-state index in [2.05, 4.69) is 4.98 Å². The van der Waals surface area contributed by atoms with Crippen molar-refractivity contribution in [3.05, 3.63) is 47.5 Å². The van der Waals surface area contributed by atoms with Crippen molar-refractivity contribution in [2.75, 3.05) is 4.90 Å². The standard InChI is InChI=1S/C18H13ClN2O4S/c1-18(9-15(22)23)16(24)21(12-4-2-3-5-13(12)25-18)17-20-11-7-6-10(19)8-14(11)26-17/h2-8H,9H2,1H3,(H,22,23). The van der Waals surface area contributed by atoms with Gasteiger partial charge >= 0.3 is 5.97 Å². The van der Waals surface area contributed by atoms with E-state index in [1.165, 1.54) is 23.2 Å². The number of nitrogens with zero attached hydrogens (tertiary/aromatic N) is 2. The molecule has 132 valence electrons. The average Bonchev–Trinajstić information content (AvgIpc) is 2.97. The van der Waals surface area contributed by atoms with Gasteiger partial charge in [-0.05, 0) is 37.3 Å². The number of carboxylic acids is 1. The lowest BCUT2D eigenvalue weighted by atomic mass is 9.97. The average molecular weight is 389 g/mol. The third-order valence-corrected chi connectivity index (χ3v) is 5.35. The first-order valence-corrected chi connectivity index (χ1v) is 8.97. The molecule has 6 nitrogen and oxygen atoms in total. The third kappa shape index (κ3) is 2.69. The number of aliphatic carboxylic acids is 1. The number of carbonyl (C=O) groups excluding carboxylic acids is 1. The summed E-state index contributed by atoms with van der Waals surface area (Å²) < 4.78 is 6.61. The fourth-order valence-corrected chi connectivity index (χ4v) is 4.19. The maximum Gasteiger partial charge on any atom is 0.307 e. The first-order chi connectivity index (χ1) is 12.4. The van der Waals surface area contributed by atoms with E-state index < -0.39 is 23.9 Å². The van der Waals surface area contributed by atoms with Crippen molar-refractivity contribution >= 4 is 55.8 Å². The SMILES string of the molecule is CC1(CC(=O)O)Oc2ccccc2N(c2nc3ccc(Cl)cc3s2)C1=O. The van der Waals surface area contributed by atoms with Crippen molar-refractivity contribution in [2.45, 2.75) is 18.9 Å². The molecule has 8 heteroatoms. The smallest absolute Gasteiger partial charge is 0.307 e. The van der Waals surface area contributed by atoms with Gasteiger partial charge in [-0.25, -0.2) is 9.88 Å². The predicted octanol–water partition coefficient (Wildman–Crippen LogP) is 4.24. The Morgan fingerprint density at radius 2 is 2.12 bits per heavy atom. The minimum absolute atomic E-state index is 0.438. The van der Waals surface area contributed by atoms with Gasteiger partial charge in [-0.1, -0.05) is 35.1 Å². The van der Waals surface area contributed by atoms with Gasteiger partial charge in [-0.2, -0.15) is 0 Å². The van der Waals surface area contributed by atoms with Crippen LogP contribution >= 0.6 is 22.9 Å². The van der Waals surface area contributed by atoms with Crippen LogP contribution in [0.25, 0.3) is 10.2 Å². The zero-order chi connectivity index (χ0) is 18.5. The number of benzene rings is 2. The van der Waals surface area contributed by atoms with Crippen molar-refractivity contribution in [3.8, 4) is 5.75 Å². The Balaban J connectivity index is 1.89. The largest absolute Gasteiger partial charge is 0.481 e. The molecule has 1 aliphatic rings. The Hall–Kier alpha value is -2.64. The van der Waals surface area contributed by atoms with Gasteiger partial charge < -0.3 is 9.84 Å². The van der Waals surface area contributed by atoms with E-state index in [0.717, 1.165) is 4.70 Å². The number of anilines is 2. The highest BCUT2D eigenvalue weighted by atomic mass is 35.5. The van der Waals surface area contributed by atoms with E-state index in [1.807, 2.05) is 0 Å². The zero-order valence-corrected chi connectivity index (χ0v) is 15.2. The second kappa shape index (κ2) is 5.96. The first kappa shape index (κ1) is 16.8. The molecule has 0 saturated heterocycles. The molecule has 1 aliphatic heterocycles. The predicted molar refractivity (Wildman–Crippen MR) is 99.5 cm³/mol. The van der Waals surface area contributed by atoms with Crippen molar-refractivity contribution in [3.63, 3.8) is 0 Å². The number of rotatable bonds is 3. The normalized spacial score (nSPS) is 19.3. The number of carboxylic acid groups (broad SMARTS) is 1. The molecule has 0 aliphatic carbocycles. The van der Waals surface area contributed by atoms with E-state index in [0.29, 0.717) is 27.1 Å². The summed E-state index contributed by atoms with van der Waals surface area (Å²) in [4.78, 5) is 30.4. The van der Waals surface area contributed by atoms with Crippen molar-refractivity contribution in [1.82, 2.24) is 4.98 Å². The van der Waals surface area contributed by atoms with Crippen molar-refractivity contribution in [1.29, 1.82) is 0 Å². The Bertz CT molecular complexity index is 1050. The number of aromatic nitrogens is 1. The summed E-state index contributed by atoms with van der Waals surface area (Å²) in [5.41, 5.74) is -0.271. The molecule has 0 spiro atoms. The minimum Gasteiger partial charge on any atom is -0.481 e. The highest BCUT2D eigenvalue weighted by Gasteiger charge is 2.47. The van der Waals surface area contributed by atoms with Crippen LogP contribution in [0, 0.1) is 0 Å². The van der Waals surface area contributed by atoms with Crippen LogP contribution in [0.5, 0.6) is 5.75 Å². The number of ether oxygens (including phenoxy) is 1. The summed E-state index contributed by atoms with van der Waals surface area (Å²) in [6, 6.07) is 12.3. The van der Waals surface area contributed by atoms with Crippen LogP contribution in [0.15, 0.2) is 42.5 Å². The summed E-state index contributed by atoms with van der Waals surface area (Å²) in [6.07, 6.45) is -0.451. The molecule has 0 saturated carbocycles. The maximum atomic E-state index is 13.2. The third-order valence-electron chi connectivity index (χ3n) is 4.12. The van der Waals surface area contributed by atoms with Crippen molar-refractivity contribution < 1.29 is 19.4 Å². The van der Waals surface area contributed by atoms with Crippen molar-refractivity contribution in [2.24, 2.45) is 0 Å². The van der Waals surface area contributed by atoms with Gasteiger partial charge in [0.1, 0.15) is 5.75 Å². The minimum atomic E-state index is -1.52. The Morgan fingerprint density at radius 1 is 1.35 bits per heavy atom. The number of hydrogen-bond donors (Lipinski definition) is 1. The number of para-hydroxylation sites is 2. The van der Waals surface area contributed by atoms with Crippen LogP contribution in [-0.4, -0.2) is 27.6 Å². The number of halogens is 1. The first-order valence-electron chi connectivity index (χ1n) is 7.78. The summed E-state index contributed by atoms with van der Waals surface area (Å²) >= 11 is 7.35. The number of hydrogen-bond acceptors (Lipinski definition) is 5. The molecular formula is C18H13ClN2O4S. The molecule has 1 amide bonds. The Labute approximate surface area is 157 Å². The molecule has 4 rings (SSSR count). The van der Waals surface area contributed by atoms with Crippen LogP contribution in [0.1, 0.15) is 13.3 Å². The van der Waals surface area contributed by atoms with Crippen LogP contribution in [0.4, 0.5) is 10.8 Å². The number of carbonyl (C=O) groups is 2. The number of amides is 1. The zero-order valence-electron chi connectivity index (χ0n) is 13.6. The summed E-state index contributed by atoms with van der Waals surface area (Å²) in [5, 5.41) is 10.2. The highest BCUT2D eigenvalue weighted by molar-refractivity contribution is 7.22. The molecule has 0 radical (unpaired) electrons. The van der Waals surface area contributed by atoms with Gasteiger partial charge in [0.25, 0.3) is 5.91 Å². The fraction of sp³-hybridized carbons (Fsp3) is 0.167. The van der Waals surface area contributed by atoms with E-state index in [-0.39, 0.29) is 0 Å². The highest BCUT2D eigenvalue weighted by Crippen LogP contribution is 2.45. The van der Waals surface area contributed by atoms with Crippen LogP contribution in [-0.2, 0) is 9.59 Å². The fourth-order valence-electron chi connectivity index (χ4n) is 2.93. The van der Waals surface area contributed by atoms with Gasteiger partial charge in [-0.3, -0.25) is 9.59 Å². The van der Waals surface area contributed by atoms with Crippen LogP contribution < -0.4 is 9.64 Å². The monoisotopic (exact) mass is 388 g/mol. The van der Waals surface area contributed by atoms with E-state index in [4.69, 9.17) is 16.3 Å². The second-order valence-corrected chi connectivity index (χ2v) is 7.57. The van der Waals surface area contributed by atoms with Crippen LogP contribution in [0.3, 0.4) is 0 Å². The number of fused-ring (bicyclic) bond motifs is 2. The Kier molecular flexibility index (Phi) is 3.86. The molecule has 0 fully saturated rings. The molecule has 1 atom stereocenters. The molecule has 26 heavy (non-hydrogen) atoms. The van der Waals surface area contributed by atoms with Gasteiger partial charge in [0, 0.05) is 5.02 Å². The topological polar surface area (TPSA) is 79.7 Å². The van der Waals surface area contributed by atoms with Crippen LogP contribution in [0.2, 0.25) is 5.02 Å². The lowest BCUT2D eigenvalue weighted by Gasteiger charge is -2.38. The maximum absolute atomic E-state index is 13.2.